The molecule has 0 unspecified atom stereocenters. The standard InChI is InChI=1S/C20H26FN5O/c21-18-5-3-16(4-6-18)12-24-10-7-19-17(13-24)2-1-9-26(19)20(27)8-11-25-15-22-14-23-25/h3-6,14-15,17,19H,1-2,7-13H2/t17-,19-/m1/s1. The molecule has 0 saturated carbocycles. The summed E-state index contributed by atoms with van der Waals surface area (Å²) in [7, 11) is 0. The Morgan fingerprint density at radius 2 is 2.04 bits per heavy atom. The van der Waals surface area contributed by atoms with Crippen LogP contribution in [0.5, 0.6) is 0 Å². The Kier molecular flexibility index (Phi) is 5.48. The van der Waals surface area contributed by atoms with Crippen LogP contribution in [0.15, 0.2) is 36.9 Å². The number of hydrogen-bond donors (Lipinski definition) is 0. The van der Waals surface area contributed by atoms with Crippen molar-refractivity contribution in [2.24, 2.45) is 5.92 Å². The predicted molar refractivity (Wildman–Crippen MR) is 99.2 cm³/mol. The van der Waals surface area contributed by atoms with Crippen LogP contribution >= 0.6 is 0 Å². The monoisotopic (exact) mass is 371 g/mol. The predicted octanol–water partition coefficient (Wildman–Crippen LogP) is 2.32. The number of carbonyl (C=O) groups is 1. The van der Waals surface area contributed by atoms with Gasteiger partial charge in [0.2, 0.25) is 5.91 Å². The van der Waals surface area contributed by atoms with Crippen molar-refractivity contribution in [3.05, 3.63) is 48.3 Å². The summed E-state index contributed by atoms with van der Waals surface area (Å²) < 4.78 is 14.8. The zero-order chi connectivity index (χ0) is 18.6. The number of fused-ring (bicyclic) bond motifs is 1. The van der Waals surface area contributed by atoms with Crippen molar-refractivity contribution in [1.82, 2.24) is 24.6 Å². The molecule has 2 fully saturated rings. The normalized spacial score (nSPS) is 23.2. The van der Waals surface area contributed by atoms with Crippen LogP contribution in [0.1, 0.15) is 31.2 Å². The lowest BCUT2D eigenvalue weighted by Crippen LogP contribution is -2.55. The van der Waals surface area contributed by atoms with E-state index in [1.165, 1.54) is 24.9 Å². The van der Waals surface area contributed by atoms with Gasteiger partial charge in [-0.2, -0.15) is 5.10 Å². The van der Waals surface area contributed by atoms with Gasteiger partial charge in [-0.1, -0.05) is 12.1 Å². The molecule has 2 aliphatic rings. The van der Waals surface area contributed by atoms with Gasteiger partial charge >= 0.3 is 0 Å². The average Bonchev–Trinajstić information content (AvgIpc) is 3.21. The van der Waals surface area contributed by atoms with E-state index in [0.717, 1.165) is 44.6 Å². The summed E-state index contributed by atoms with van der Waals surface area (Å²) in [5, 5.41) is 4.07. The smallest absolute Gasteiger partial charge is 0.224 e. The maximum atomic E-state index is 13.1. The first-order chi connectivity index (χ1) is 13.2. The van der Waals surface area contributed by atoms with Gasteiger partial charge in [0.15, 0.2) is 0 Å². The van der Waals surface area contributed by atoms with Crippen molar-refractivity contribution in [3.8, 4) is 0 Å². The van der Waals surface area contributed by atoms with Crippen molar-refractivity contribution in [2.75, 3.05) is 19.6 Å². The molecule has 1 amide bonds. The van der Waals surface area contributed by atoms with Crippen LogP contribution in [0, 0.1) is 11.7 Å². The lowest BCUT2D eigenvalue weighted by atomic mass is 9.83. The van der Waals surface area contributed by atoms with E-state index in [4.69, 9.17) is 0 Å². The molecule has 0 aliphatic carbocycles. The van der Waals surface area contributed by atoms with Crippen LogP contribution in [0.2, 0.25) is 0 Å². The minimum atomic E-state index is -0.190. The molecular weight excluding hydrogens is 345 g/mol. The van der Waals surface area contributed by atoms with Crippen LogP contribution in [-0.2, 0) is 17.9 Å². The van der Waals surface area contributed by atoms with Crippen molar-refractivity contribution in [3.63, 3.8) is 0 Å². The van der Waals surface area contributed by atoms with Crippen LogP contribution in [0.4, 0.5) is 4.39 Å². The fourth-order valence-corrected chi connectivity index (χ4v) is 4.48. The number of rotatable bonds is 5. The maximum absolute atomic E-state index is 13.1. The Bertz CT molecular complexity index is 748. The minimum absolute atomic E-state index is 0.190. The molecule has 0 spiro atoms. The van der Waals surface area contributed by atoms with Gasteiger partial charge in [0.05, 0.1) is 6.54 Å². The molecule has 3 heterocycles. The third-order valence-electron chi connectivity index (χ3n) is 5.81. The summed E-state index contributed by atoms with van der Waals surface area (Å²) in [4.78, 5) is 21.2. The molecule has 2 saturated heterocycles. The Morgan fingerprint density at radius 1 is 1.19 bits per heavy atom. The van der Waals surface area contributed by atoms with E-state index in [9.17, 15) is 9.18 Å². The van der Waals surface area contributed by atoms with Gasteiger partial charge in [-0.3, -0.25) is 14.4 Å². The number of halogens is 1. The molecule has 2 aliphatic heterocycles. The van der Waals surface area contributed by atoms with E-state index in [1.54, 1.807) is 11.0 Å². The summed E-state index contributed by atoms with van der Waals surface area (Å²) >= 11 is 0. The molecule has 1 aromatic heterocycles. The number of aromatic nitrogens is 3. The van der Waals surface area contributed by atoms with Crippen molar-refractivity contribution in [1.29, 1.82) is 0 Å². The lowest BCUT2D eigenvalue weighted by Gasteiger charge is -2.47. The number of benzene rings is 1. The molecule has 0 bridgehead atoms. The first-order valence-corrected chi connectivity index (χ1v) is 9.78. The molecule has 144 valence electrons. The van der Waals surface area contributed by atoms with Gasteiger partial charge in [-0.05, 0) is 42.9 Å². The van der Waals surface area contributed by atoms with Crippen molar-refractivity contribution in [2.45, 2.75) is 44.8 Å². The average molecular weight is 371 g/mol. The zero-order valence-electron chi connectivity index (χ0n) is 15.5. The van der Waals surface area contributed by atoms with E-state index in [-0.39, 0.29) is 11.7 Å². The van der Waals surface area contributed by atoms with E-state index in [1.807, 2.05) is 12.1 Å². The fraction of sp³-hybridized carbons (Fsp3) is 0.550. The second-order valence-electron chi connectivity index (χ2n) is 7.62. The van der Waals surface area contributed by atoms with E-state index >= 15 is 0 Å². The summed E-state index contributed by atoms with van der Waals surface area (Å²) in [6.45, 7) is 4.29. The highest BCUT2D eigenvalue weighted by Gasteiger charge is 2.37. The number of amides is 1. The first-order valence-electron chi connectivity index (χ1n) is 9.78. The van der Waals surface area contributed by atoms with Crippen molar-refractivity contribution < 1.29 is 9.18 Å². The maximum Gasteiger partial charge on any atom is 0.224 e. The van der Waals surface area contributed by atoms with Crippen LogP contribution in [0.3, 0.4) is 0 Å². The highest BCUT2D eigenvalue weighted by Crippen LogP contribution is 2.31. The highest BCUT2D eigenvalue weighted by molar-refractivity contribution is 5.76. The first kappa shape index (κ1) is 18.1. The molecule has 27 heavy (non-hydrogen) atoms. The fourth-order valence-electron chi connectivity index (χ4n) is 4.48. The molecule has 7 heteroatoms. The molecule has 6 nitrogen and oxygen atoms in total. The molecule has 2 atom stereocenters. The minimum Gasteiger partial charge on any atom is -0.339 e. The van der Waals surface area contributed by atoms with Gasteiger partial charge in [0.1, 0.15) is 18.5 Å². The summed E-state index contributed by atoms with van der Waals surface area (Å²) in [5.74, 6) is 0.570. The molecule has 4 rings (SSSR count). The third-order valence-corrected chi connectivity index (χ3v) is 5.81. The van der Waals surface area contributed by atoms with Gasteiger partial charge in [-0.15, -0.1) is 0 Å². The van der Waals surface area contributed by atoms with Gasteiger partial charge < -0.3 is 4.90 Å². The molecule has 1 aromatic carbocycles. The van der Waals surface area contributed by atoms with Crippen LogP contribution < -0.4 is 0 Å². The zero-order valence-corrected chi connectivity index (χ0v) is 15.5. The second kappa shape index (κ2) is 8.17. The highest BCUT2D eigenvalue weighted by atomic mass is 19.1. The molecular formula is C20H26FN5O. The molecule has 0 N–H and O–H groups in total. The van der Waals surface area contributed by atoms with Crippen molar-refractivity contribution >= 4 is 5.91 Å². The number of hydrogen-bond acceptors (Lipinski definition) is 4. The Balaban J connectivity index is 1.33. The Labute approximate surface area is 159 Å². The van der Waals surface area contributed by atoms with Crippen LogP contribution in [-0.4, -0.2) is 56.1 Å². The number of likely N-dealkylation sites (tertiary alicyclic amines) is 2. The third kappa shape index (κ3) is 4.35. The lowest BCUT2D eigenvalue weighted by molar-refractivity contribution is -0.138. The van der Waals surface area contributed by atoms with E-state index < -0.39 is 0 Å². The summed E-state index contributed by atoms with van der Waals surface area (Å²) in [6, 6.07) is 7.13. The molecule has 2 aromatic rings. The number of aryl methyl sites for hydroxylation is 1. The number of nitrogens with zero attached hydrogens (tertiary/aromatic N) is 5. The molecule has 0 radical (unpaired) electrons. The summed E-state index contributed by atoms with van der Waals surface area (Å²) in [6.07, 6.45) is 6.89. The summed E-state index contributed by atoms with van der Waals surface area (Å²) in [5.41, 5.74) is 1.14. The topological polar surface area (TPSA) is 54.3 Å². The quantitative estimate of drug-likeness (QED) is 0.809. The Morgan fingerprint density at radius 3 is 2.81 bits per heavy atom. The number of carbonyl (C=O) groups excluding carboxylic acids is 1. The number of piperidine rings is 2. The van der Waals surface area contributed by atoms with E-state index in [2.05, 4.69) is 19.9 Å². The van der Waals surface area contributed by atoms with Gasteiger partial charge in [0, 0.05) is 38.6 Å². The van der Waals surface area contributed by atoms with Crippen LogP contribution in [0.25, 0.3) is 0 Å². The second-order valence-corrected chi connectivity index (χ2v) is 7.62. The SMILES string of the molecule is O=C(CCn1cncn1)N1CCC[C@@H]2CN(Cc3ccc(F)cc3)CC[C@H]21. The van der Waals surface area contributed by atoms with Gasteiger partial charge in [-0.25, -0.2) is 9.37 Å². The largest absolute Gasteiger partial charge is 0.339 e. The Hall–Kier alpha value is -2.28. The van der Waals surface area contributed by atoms with Gasteiger partial charge in [0.25, 0.3) is 0 Å². The van der Waals surface area contributed by atoms with E-state index in [0.29, 0.717) is 24.9 Å².